The van der Waals surface area contributed by atoms with Crippen molar-refractivity contribution in [3.05, 3.63) is 80.0 Å². The van der Waals surface area contributed by atoms with Gasteiger partial charge in [-0.25, -0.2) is 4.98 Å². The number of alkyl halides is 3. The lowest BCUT2D eigenvalue weighted by atomic mass is 10.0. The van der Waals surface area contributed by atoms with Gasteiger partial charge in [0.15, 0.2) is 5.76 Å². The maximum Gasteiger partial charge on any atom is 0.433 e. The van der Waals surface area contributed by atoms with Crippen LogP contribution in [0, 0.1) is 10.5 Å². The van der Waals surface area contributed by atoms with Gasteiger partial charge < -0.3 is 20.2 Å². The van der Waals surface area contributed by atoms with Gasteiger partial charge in [-0.15, -0.1) is 11.3 Å². The molecule has 9 nitrogen and oxygen atoms in total. The van der Waals surface area contributed by atoms with Gasteiger partial charge in [0, 0.05) is 27.3 Å². The number of carbonyl (C=O) groups excluding carboxylic acids is 2. The zero-order valence-electron chi connectivity index (χ0n) is 20.8. The van der Waals surface area contributed by atoms with Crippen molar-refractivity contribution in [2.45, 2.75) is 19.7 Å². The summed E-state index contributed by atoms with van der Waals surface area (Å²) in [6, 6.07) is 11.2. The van der Waals surface area contributed by atoms with E-state index in [2.05, 4.69) is 38.0 Å². The number of nitrogens with one attached hydrogen (secondary N) is 1. The number of carbonyl (C=O) groups is 2. The molecule has 4 heterocycles. The highest BCUT2D eigenvalue weighted by atomic mass is 127. The molecular formula is C26H19F3IN5O4S. The third kappa shape index (κ3) is 5.40. The molecule has 206 valence electrons. The smallest absolute Gasteiger partial charge is 0.433 e. The number of ether oxygens (including phenoxy) is 1. The number of fused-ring (bicyclic) bond motifs is 1. The molecule has 3 N–H and O–H groups in total. The van der Waals surface area contributed by atoms with E-state index < -0.39 is 23.7 Å². The number of nitrogens with two attached hydrogens (primary N) is 1. The predicted octanol–water partition coefficient (Wildman–Crippen LogP) is 6.15. The Kier molecular flexibility index (Phi) is 7.31. The van der Waals surface area contributed by atoms with Crippen LogP contribution in [0.5, 0.6) is 5.75 Å². The maximum absolute atomic E-state index is 13.7. The van der Waals surface area contributed by atoms with E-state index in [0.717, 1.165) is 9.64 Å². The van der Waals surface area contributed by atoms with Gasteiger partial charge in [0.2, 0.25) is 0 Å². The molecule has 0 aliphatic carbocycles. The van der Waals surface area contributed by atoms with Gasteiger partial charge in [-0.1, -0.05) is 0 Å². The van der Waals surface area contributed by atoms with Crippen molar-refractivity contribution in [1.29, 1.82) is 0 Å². The Balaban J connectivity index is 1.53. The second-order valence-electron chi connectivity index (χ2n) is 8.63. The number of aromatic nitrogens is 3. The first kappa shape index (κ1) is 27.6. The summed E-state index contributed by atoms with van der Waals surface area (Å²) in [6.07, 6.45) is -3.35. The van der Waals surface area contributed by atoms with Crippen LogP contribution in [0.2, 0.25) is 0 Å². The van der Waals surface area contributed by atoms with Crippen molar-refractivity contribution >= 4 is 61.6 Å². The van der Waals surface area contributed by atoms with Crippen LogP contribution >= 0.6 is 33.9 Å². The first-order chi connectivity index (χ1) is 18.9. The third-order valence-corrected chi connectivity index (χ3v) is 7.84. The number of amides is 2. The minimum atomic E-state index is -4.76. The minimum absolute atomic E-state index is 0.0519. The molecule has 4 aromatic heterocycles. The number of pyridine rings is 1. The zero-order valence-corrected chi connectivity index (χ0v) is 23.8. The molecule has 0 saturated carbocycles. The molecule has 0 atom stereocenters. The van der Waals surface area contributed by atoms with E-state index >= 15 is 0 Å². The number of aryl methyl sites for hydroxylation is 1. The van der Waals surface area contributed by atoms with E-state index in [1.807, 2.05) is 12.1 Å². The van der Waals surface area contributed by atoms with Crippen LogP contribution in [0.4, 0.5) is 18.9 Å². The SMILES string of the molecule is Cc1c(-c2cc(C(F)(F)F)nc3sc(C(N)=O)c(NC(=O)c4ccc(COc5ccc(I)cc5)o4)c23)cnn1C. The summed E-state index contributed by atoms with van der Waals surface area (Å²) in [7, 11) is 1.64. The van der Waals surface area contributed by atoms with E-state index in [4.69, 9.17) is 14.9 Å². The zero-order chi connectivity index (χ0) is 28.8. The van der Waals surface area contributed by atoms with Gasteiger partial charge >= 0.3 is 6.18 Å². The lowest BCUT2D eigenvalue weighted by Gasteiger charge is -2.12. The molecule has 0 fully saturated rings. The van der Waals surface area contributed by atoms with Gasteiger partial charge in [-0.3, -0.25) is 14.3 Å². The Hall–Kier alpha value is -3.92. The van der Waals surface area contributed by atoms with Crippen molar-refractivity contribution in [2.75, 3.05) is 5.32 Å². The summed E-state index contributed by atoms with van der Waals surface area (Å²) >= 11 is 2.83. The summed E-state index contributed by atoms with van der Waals surface area (Å²) in [5, 5.41) is 6.87. The fourth-order valence-corrected chi connectivity index (χ4v) is 5.32. The molecule has 5 rings (SSSR count). The highest BCUT2D eigenvalue weighted by Gasteiger charge is 2.35. The summed E-state index contributed by atoms with van der Waals surface area (Å²) in [4.78, 5) is 29.0. The van der Waals surface area contributed by atoms with Gasteiger partial charge in [0.1, 0.15) is 33.5 Å². The van der Waals surface area contributed by atoms with E-state index in [9.17, 15) is 22.8 Å². The first-order valence-corrected chi connectivity index (χ1v) is 13.4. The summed E-state index contributed by atoms with van der Waals surface area (Å²) in [5.74, 6) is -0.807. The average Bonchev–Trinajstić information content (AvgIpc) is 3.61. The number of nitrogens with zero attached hydrogens (tertiary/aromatic N) is 3. The van der Waals surface area contributed by atoms with Gasteiger partial charge in [0.05, 0.1) is 11.9 Å². The normalized spacial score (nSPS) is 11.7. The maximum atomic E-state index is 13.7. The standard InChI is InChI=1S/C26H19F3IN5O4S/c1-12-17(10-32-35(12)2)16-9-19(26(27,28)29)33-25-20(16)21(22(40-25)23(31)36)34-24(37)18-8-7-15(39-18)11-38-14-5-3-13(30)4-6-14/h3-10H,11H2,1-2H3,(H2,31,36)(H,34,37). The number of hydrogen-bond acceptors (Lipinski definition) is 7. The van der Waals surface area contributed by atoms with E-state index in [1.54, 1.807) is 32.2 Å². The van der Waals surface area contributed by atoms with Crippen molar-refractivity contribution < 1.29 is 31.9 Å². The number of rotatable bonds is 7. The fraction of sp³-hybridized carbons (Fsp3) is 0.154. The molecule has 1 aromatic carbocycles. The van der Waals surface area contributed by atoms with Crippen LogP contribution in [0.25, 0.3) is 21.3 Å². The number of primary amides is 1. The largest absolute Gasteiger partial charge is 0.486 e. The van der Waals surface area contributed by atoms with Crippen molar-refractivity contribution in [3.8, 4) is 16.9 Å². The number of anilines is 1. The quantitative estimate of drug-likeness (QED) is 0.199. The number of furan rings is 1. The second-order valence-corrected chi connectivity index (χ2v) is 10.9. The third-order valence-electron chi connectivity index (χ3n) is 6.02. The highest BCUT2D eigenvalue weighted by molar-refractivity contribution is 14.1. The second kappa shape index (κ2) is 10.6. The molecule has 0 unspecified atom stereocenters. The number of hydrogen-bond donors (Lipinski definition) is 2. The van der Waals surface area contributed by atoms with Gasteiger partial charge in [-0.05, 0) is 77.5 Å². The summed E-state index contributed by atoms with van der Waals surface area (Å²) in [6.45, 7) is 1.74. The molecule has 14 heteroatoms. The van der Waals surface area contributed by atoms with Crippen LogP contribution in [-0.2, 0) is 19.8 Å². The fourth-order valence-electron chi connectivity index (χ4n) is 3.95. The highest BCUT2D eigenvalue weighted by Crippen LogP contribution is 2.44. The summed E-state index contributed by atoms with van der Waals surface area (Å²) in [5.41, 5.74) is 5.37. The Labute approximate surface area is 242 Å². The van der Waals surface area contributed by atoms with Crippen LogP contribution in [0.1, 0.15) is 37.4 Å². The first-order valence-electron chi connectivity index (χ1n) is 11.5. The number of thiophene rings is 1. The van der Waals surface area contributed by atoms with Gasteiger partial charge in [0.25, 0.3) is 11.8 Å². The monoisotopic (exact) mass is 681 g/mol. The van der Waals surface area contributed by atoms with Crippen molar-refractivity contribution in [1.82, 2.24) is 14.8 Å². The van der Waals surface area contributed by atoms with Crippen molar-refractivity contribution in [3.63, 3.8) is 0 Å². The lowest BCUT2D eigenvalue weighted by molar-refractivity contribution is -0.140. The Morgan fingerprint density at radius 3 is 2.52 bits per heavy atom. The van der Waals surface area contributed by atoms with Crippen LogP contribution in [-0.4, -0.2) is 26.6 Å². The predicted molar refractivity (Wildman–Crippen MR) is 150 cm³/mol. The topological polar surface area (TPSA) is 125 Å². The molecule has 0 saturated heterocycles. The van der Waals surface area contributed by atoms with E-state index in [-0.39, 0.29) is 38.7 Å². The molecule has 0 aliphatic heterocycles. The molecule has 0 spiro atoms. The Morgan fingerprint density at radius 2 is 1.90 bits per heavy atom. The molecular weight excluding hydrogens is 662 g/mol. The van der Waals surface area contributed by atoms with Crippen LogP contribution in [0.3, 0.4) is 0 Å². The van der Waals surface area contributed by atoms with Crippen molar-refractivity contribution in [2.24, 2.45) is 12.8 Å². The lowest BCUT2D eigenvalue weighted by Crippen LogP contribution is -2.16. The van der Waals surface area contributed by atoms with Gasteiger partial charge in [-0.2, -0.15) is 18.3 Å². The Bertz CT molecular complexity index is 1760. The molecule has 40 heavy (non-hydrogen) atoms. The molecule has 5 aromatic rings. The number of halogens is 4. The molecule has 0 aliphatic rings. The van der Waals surface area contributed by atoms with Crippen LogP contribution < -0.4 is 15.8 Å². The van der Waals surface area contributed by atoms with E-state index in [0.29, 0.717) is 34.1 Å². The van der Waals surface area contributed by atoms with E-state index in [1.165, 1.54) is 16.9 Å². The molecule has 0 radical (unpaired) electrons. The average molecular weight is 681 g/mol. The minimum Gasteiger partial charge on any atom is -0.486 e. The Morgan fingerprint density at radius 1 is 1.18 bits per heavy atom. The number of benzene rings is 1. The van der Waals surface area contributed by atoms with Crippen LogP contribution in [0.15, 0.2) is 53.1 Å². The summed E-state index contributed by atoms with van der Waals surface area (Å²) < 4.78 is 55.1. The molecule has 2 amide bonds. The molecule has 0 bridgehead atoms.